The molecular formula is C24H17ClN4O. The van der Waals surface area contributed by atoms with Gasteiger partial charge in [-0.3, -0.25) is 5.43 Å². The van der Waals surface area contributed by atoms with E-state index in [-0.39, 0.29) is 0 Å². The van der Waals surface area contributed by atoms with Gasteiger partial charge in [-0.25, -0.2) is 9.97 Å². The van der Waals surface area contributed by atoms with Crippen LogP contribution in [-0.4, -0.2) is 9.97 Å². The van der Waals surface area contributed by atoms with Crippen molar-refractivity contribution in [3.63, 3.8) is 0 Å². The molecule has 0 unspecified atom stereocenters. The van der Waals surface area contributed by atoms with E-state index >= 15 is 0 Å². The first kappa shape index (κ1) is 18.3. The molecule has 0 saturated heterocycles. The van der Waals surface area contributed by atoms with Crippen molar-refractivity contribution in [2.45, 2.75) is 6.92 Å². The van der Waals surface area contributed by atoms with Crippen molar-refractivity contribution < 1.29 is 4.42 Å². The lowest BCUT2D eigenvalue weighted by molar-refractivity contribution is 0.618. The molecule has 0 bridgehead atoms. The number of halogens is 1. The van der Waals surface area contributed by atoms with Gasteiger partial charge in [0.25, 0.3) is 0 Å². The van der Waals surface area contributed by atoms with Gasteiger partial charge >= 0.3 is 0 Å². The molecule has 2 aromatic heterocycles. The number of hydrogen-bond donors (Lipinski definition) is 1. The molecule has 146 valence electrons. The van der Waals surface area contributed by atoms with Crippen molar-refractivity contribution in [1.29, 1.82) is 0 Å². The molecule has 0 radical (unpaired) electrons. The molecular weight excluding hydrogens is 396 g/mol. The van der Waals surface area contributed by atoms with Gasteiger partial charge in [-0.15, -0.1) is 0 Å². The molecule has 1 N–H and O–H groups in total. The summed E-state index contributed by atoms with van der Waals surface area (Å²) in [5, 5.41) is 7.93. The minimum atomic E-state index is 0.648. The maximum absolute atomic E-state index is 6.15. The third kappa shape index (κ3) is 3.51. The zero-order valence-corrected chi connectivity index (χ0v) is 16.9. The predicted octanol–water partition coefficient (Wildman–Crippen LogP) is 5.93. The highest BCUT2D eigenvalue weighted by Gasteiger charge is 2.08. The zero-order chi connectivity index (χ0) is 20.5. The lowest BCUT2D eigenvalue weighted by Crippen LogP contribution is -2.08. The summed E-state index contributed by atoms with van der Waals surface area (Å²) in [6.07, 6.45) is 1.53. The first-order valence-electron chi connectivity index (χ1n) is 9.47. The summed E-state index contributed by atoms with van der Waals surface area (Å²) >= 11 is 6.04. The SMILES string of the molecule is Cc1ccc2oc(-c3ccc(Cl)cc3)cc(=NNc3ncnc4ccccc34)c2c1. The van der Waals surface area contributed by atoms with E-state index in [0.717, 1.165) is 38.4 Å². The number of aryl methyl sites for hydroxylation is 1. The number of nitrogens with zero attached hydrogens (tertiary/aromatic N) is 3. The Kier molecular flexibility index (Phi) is 4.65. The van der Waals surface area contributed by atoms with Crippen LogP contribution in [0.1, 0.15) is 5.56 Å². The van der Waals surface area contributed by atoms with Gasteiger partial charge in [0, 0.05) is 27.4 Å². The molecule has 30 heavy (non-hydrogen) atoms. The number of rotatable bonds is 3. The Bertz CT molecular complexity index is 1440. The molecule has 5 aromatic rings. The molecule has 0 saturated carbocycles. The number of nitrogens with one attached hydrogen (secondary N) is 1. The average molecular weight is 413 g/mol. The zero-order valence-electron chi connectivity index (χ0n) is 16.1. The third-order valence-electron chi connectivity index (χ3n) is 4.85. The van der Waals surface area contributed by atoms with E-state index in [1.807, 2.05) is 73.7 Å². The summed E-state index contributed by atoms with van der Waals surface area (Å²) in [5.41, 5.74) is 6.77. The van der Waals surface area contributed by atoms with Crippen molar-refractivity contribution in [2.24, 2.45) is 5.10 Å². The molecule has 0 spiro atoms. The number of aromatic nitrogens is 2. The normalized spacial score (nSPS) is 11.9. The summed E-state index contributed by atoms with van der Waals surface area (Å²) in [5.74, 6) is 1.35. The lowest BCUT2D eigenvalue weighted by atomic mass is 10.1. The van der Waals surface area contributed by atoms with E-state index in [4.69, 9.17) is 16.0 Å². The summed E-state index contributed by atoms with van der Waals surface area (Å²) < 4.78 is 6.15. The van der Waals surface area contributed by atoms with Gasteiger partial charge < -0.3 is 4.42 Å². The Labute approximate surface area is 177 Å². The van der Waals surface area contributed by atoms with Crippen LogP contribution in [0.25, 0.3) is 33.2 Å². The van der Waals surface area contributed by atoms with Gasteiger partial charge in [-0.2, -0.15) is 5.10 Å². The van der Waals surface area contributed by atoms with Crippen LogP contribution in [-0.2, 0) is 0 Å². The molecule has 0 aliphatic rings. The van der Waals surface area contributed by atoms with Crippen molar-refractivity contribution in [2.75, 3.05) is 5.43 Å². The monoisotopic (exact) mass is 412 g/mol. The molecule has 5 rings (SSSR count). The lowest BCUT2D eigenvalue weighted by Gasteiger charge is -2.07. The van der Waals surface area contributed by atoms with Crippen molar-refractivity contribution >= 4 is 39.3 Å². The van der Waals surface area contributed by atoms with Crippen LogP contribution in [0.5, 0.6) is 0 Å². The fourth-order valence-electron chi connectivity index (χ4n) is 3.34. The van der Waals surface area contributed by atoms with E-state index in [9.17, 15) is 0 Å². The molecule has 0 amide bonds. The Morgan fingerprint density at radius 2 is 1.73 bits per heavy atom. The van der Waals surface area contributed by atoms with E-state index in [1.54, 1.807) is 0 Å². The molecule has 3 aromatic carbocycles. The number of fused-ring (bicyclic) bond motifs is 2. The molecule has 0 fully saturated rings. The smallest absolute Gasteiger partial charge is 0.157 e. The van der Waals surface area contributed by atoms with Gasteiger partial charge in [0.15, 0.2) is 5.82 Å². The van der Waals surface area contributed by atoms with Crippen LogP contribution >= 0.6 is 11.6 Å². The molecule has 2 heterocycles. The first-order valence-corrected chi connectivity index (χ1v) is 9.85. The second-order valence-electron chi connectivity index (χ2n) is 6.97. The van der Waals surface area contributed by atoms with Crippen LogP contribution in [0.2, 0.25) is 5.02 Å². The topological polar surface area (TPSA) is 63.3 Å². The van der Waals surface area contributed by atoms with Crippen LogP contribution in [0.3, 0.4) is 0 Å². The fourth-order valence-corrected chi connectivity index (χ4v) is 3.46. The fraction of sp³-hybridized carbons (Fsp3) is 0.0417. The Morgan fingerprint density at radius 1 is 0.900 bits per heavy atom. The van der Waals surface area contributed by atoms with E-state index in [2.05, 4.69) is 26.6 Å². The first-order chi connectivity index (χ1) is 14.7. The summed E-state index contributed by atoms with van der Waals surface area (Å²) in [4.78, 5) is 8.66. The Morgan fingerprint density at radius 3 is 2.60 bits per heavy atom. The van der Waals surface area contributed by atoms with Crippen LogP contribution in [0.15, 0.2) is 88.6 Å². The van der Waals surface area contributed by atoms with Gasteiger partial charge in [0.1, 0.15) is 17.7 Å². The molecule has 0 aliphatic heterocycles. The molecule has 5 nitrogen and oxygen atoms in total. The standard InChI is InChI=1S/C24H17ClN4O/c1-15-6-11-22-19(12-15)21(13-23(30-22)16-7-9-17(25)10-8-16)28-29-24-18-4-2-3-5-20(18)26-14-27-24/h2-14H,1H3,(H,26,27,29). The highest BCUT2D eigenvalue weighted by molar-refractivity contribution is 6.30. The summed E-state index contributed by atoms with van der Waals surface area (Å²) in [6, 6.07) is 23.3. The van der Waals surface area contributed by atoms with E-state index in [1.165, 1.54) is 6.33 Å². The quantitative estimate of drug-likeness (QED) is 0.373. The maximum atomic E-state index is 6.15. The highest BCUT2D eigenvalue weighted by Crippen LogP contribution is 2.24. The second-order valence-corrected chi connectivity index (χ2v) is 7.40. The predicted molar refractivity (Wildman–Crippen MR) is 120 cm³/mol. The number of hydrogen-bond acceptors (Lipinski definition) is 5. The van der Waals surface area contributed by atoms with Crippen LogP contribution in [0.4, 0.5) is 5.82 Å². The minimum absolute atomic E-state index is 0.648. The Hall–Kier alpha value is -3.70. The second kappa shape index (κ2) is 7.61. The van der Waals surface area contributed by atoms with Crippen LogP contribution < -0.4 is 10.8 Å². The summed E-state index contributed by atoms with van der Waals surface area (Å²) in [7, 11) is 0. The molecule has 0 aliphatic carbocycles. The van der Waals surface area contributed by atoms with Crippen molar-refractivity contribution in [3.8, 4) is 11.3 Å². The van der Waals surface area contributed by atoms with E-state index < -0.39 is 0 Å². The Balaban J connectivity index is 1.68. The molecule has 6 heteroatoms. The number of para-hydroxylation sites is 1. The average Bonchev–Trinajstić information content (AvgIpc) is 2.78. The number of anilines is 1. The summed E-state index contributed by atoms with van der Waals surface area (Å²) in [6.45, 7) is 2.04. The largest absolute Gasteiger partial charge is 0.456 e. The molecule has 0 atom stereocenters. The van der Waals surface area contributed by atoms with Gasteiger partial charge in [-0.05, 0) is 55.5 Å². The van der Waals surface area contributed by atoms with Crippen LogP contribution in [0, 0.1) is 6.92 Å². The third-order valence-corrected chi connectivity index (χ3v) is 5.10. The number of benzene rings is 3. The van der Waals surface area contributed by atoms with Crippen molar-refractivity contribution in [3.05, 3.63) is 95.1 Å². The van der Waals surface area contributed by atoms with E-state index in [0.29, 0.717) is 16.6 Å². The maximum Gasteiger partial charge on any atom is 0.157 e. The minimum Gasteiger partial charge on any atom is -0.456 e. The van der Waals surface area contributed by atoms with Gasteiger partial charge in [0.05, 0.1) is 10.9 Å². The highest BCUT2D eigenvalue weighted by atomic mass is 35.5. The van der Waals surface area contributed by atoms with Gasteiger partial charge in [0.2, 0.25) is 0 Å². The van der Waals surface area contributed by atoms with Crippen molar-refractivity contribution in [1.82, 2.24) is 9.97 Å². The van der Waals surface area contributed by atoms with Gasteiger partial charge in [-0.1, -0.05) is 35.4 Å².